The van der Waals surface area contributed by atoms with Crippen molar-refractivity contribution in [3.05, 3.63) is 0 Å². The smallest absolute Gasteiger partial charge is 0.0599 e. The lowest BCUT2D eigenvalue weighted by Gasteiger charge is -2.16. The lowest BCUT2D eigenvalue weighted by Crippen LogP contribution is -2.19. The van der Waals surface area contributed by atoms with Crippen molar-refractivity contribution >= 4 is 11.8 Å². The van der Waals surface area contributed by atoms with Gasteiger partial charge in [0.25, 0.3) is 0 Å². The van der Waals surface area contributed by atoms with E-state index < -0.39 is 5.60 Å². The lowest BCUT2D eigenvalue weighted by atomic mass is 10.1. The molecular weight excluding hydrogens is 196 g/mol. The highest BCUT2D eigenvalue weighted by Gasteiger charge is 2.11. The van der Waals surface area contributed by atoms with Crippen LogP contribution in [0.3, 0.4) is 0 Å². The summed E-state index contributed by atoms with van der Waals surface area (Å²) in [7, 11) is 0. The van der Waals surface area contributed by atoms with Gasteiger partial charge in [-0.05, 0) is 39.4 Å². The molecule has 0 aromatic carbocycles. The molecule has 0 aliphatic rings. The molecule has 0 rings (SSSR count). The monoisotopic (exact) mass is 220 g/mol. The zero-order chi connectivity index (χ0) is 11.0. The lowest BCUT2D eigenvalue weighted by molar-refractivity contribution is 0.0745. The van der Waals surface area contributed by atoms with Crippen LogP contribution in [0.15, 0.2) is 0 Å². The fourth-order valence-corrected chi connectivity index (χ4v) is 1.91. The zero-order valence-corrected chi connectivity index (χ0v) is 10.7. The molecule has 0 aromatic heterocycles. The Kier molecular flexibility index (Phi) is 7.69. The molecule has 14 heavy (non-hydrogen) atoms. The zero-order valence-electron chi connectivity index (χ0n) is 9.88. The van der Waals surface area contributed by atoms with Crippen molar-refractivity contribution in [2.45, 2.75) is 52.2 Å². The highest BCUT2D eigenvalue weighted by atomic mass is 32.2. The molecule has 0 spiro atoms. The van der Waals surface area contributed by atoms with E-state index in [1.165, 1.54) is 0 Å². The van der Waals surface area contributed by atoms with Crippen molar-refractivity contribution < 1.29 is 9.84 Å². The van der Waals surface area contributed by atoms with Crippen LogP contribution in [0.25, 0.3) is 0 Å². The molecule has 0 bridgehead atoms. The van der Waals surface area contributed by atoms with Gasteiger partial charge in [-0.25, -0.2) is 0 Å². The first-order valence-electron chi connectivity index (χ1n) is 5.37. The predicted octanol–water partition coefficient (Wildman–Crippen LogP) is 2.70. The Morgan fingerprint density at radius 3 is 2.50 bits per heavy atom. The molecule has 0 aliphatic carbocycles. The van der Waals surface area contributed by atoms with Gasteiger partial charge in [0.15, 0.2) is 0 Å². The van der Waals surface area contributed by atoms with Crippen molar-refractivity contribution in [2.24, 2.45) is 0 Å². The maximum Gasteiger partial charge on any atom is 0.0599 e. The summed E-state index contributed by atoms with van der Waals surface area (Å²) in [6.07, 6.45) is 2.31. The van der Waals surface area contributed by atoms with Crippen molar-refractivity contribution in [3.63, 3.8) is 0 Å². The molecule has 1 N–H and O–H groups in total. The maximum absolute atomic E-state index is 9.46. The fourth-order valence-electron chi connectivity index (χ4n) is 0.850. The summed E-state index contributed by atoms with van der Waals surface area (Å²) >= 11 is 1.85. The van der Waals surface area contributed by atoms with E-state index in [1.807, 2.05) is 25.6 Å². The number of ether oxygens (including phenoxy) is 1. The molecule has 3 heteroatoms. The first-order valence-corrected chi connectivity index (χ1v) is 6.53. The van der Waals surface area contributed by atoms with E-state index in [0.29, 0.717) is 6.10 Å². The van der Waals surface area contributed by atoms with Crippen LogP contribution in [0.4, 0.5) is 0 Å². The molecule has 1 atom stereocenters. The molecule has 0 saturated carbocycles. The SMILES string of the molecule is CCC(C)OCCSCCC(C)(C)O. The van der Waals surface area contributed by atoms with Gasteiger partial charge >= 0.3 is 0 Å². The summed E-state index contributed by atoms with van der Waals surface area (Å²) in [6, 6.07) is 0. The van der Waals surface area contributed by atoms with E-state index in [-0.39, 0.29) is 0 Å². The van der Waals surface area contributed by atoms with E-state index in [2.05, 4.69) is 13.8 Å². The molecule has 1 unspecified atom stereocenters. The average molecular weight is 220 g/mol. The Morgan fingerprint density at radius 2 is 2.00 bits per heavy atom. The summed E-state index contributed by atoms with van der Waals surface area (Å²) in [5.41, 5.74) is -0.523. The summed E-state index contributed by atoms with van der Waals surface area (Å²) in [5.74, 6) is 2.04. The molecule has 0 aromatic rings. The van der Waals surface area contributed by atoms with Crippen molar-refractivity contribution in [2.75, 3.05) is 18.1 Å². The van der Waals surface area contributed by atoms with Crippen LogP contribution in [-0.4, -0.2) is 34.9 Å². The Balaban J connectivity index is 3.14. The average Bonchev–Trinajstić information content (AvgIpc) is 2.08. The largest absolute Gasteiger partial charge is 0.390 e. The molecule has 0 radical (unpaired) electrons. The third-order valence-electron chi connectivity index (χ3n) is 2.06. The number of thioether (sulfide) groups is 1. The second-order valence-corrected chi connectivity index (χ2v) is 5.49. The fraction of sp³-hybridized carbons (Fsp3) is 1.00. The van der Waals surface area contributed by atoms with Crippen LogP contribution in [0.2, 0.25) is 0 Å². The quantitative estimate of drug-likeness (QED) is 0.638. The predicted molar refractivity (Wildman–Crippen MR) is 63.9 cm³/mol. The first kappa shape index (κ1) is 14.3. The highest BCUT2D eigenvalue weighted by Crippen LogP contribution is 2.12. The van der Waals surface area contributed by atoms with Crippen molar-refractivity contribution in [3.8, 4) is 0 Å². The maximum atomic E-state index is 9.46. The van der Waals surface area contributed by atoms with Crippen molar-refractivity contribution in [1.82, 2.24) is 0 Å². The highest BCUT2D eigenvalue weighted by molar-refractivity contribution is 7.99. The van der Waals surface area contributed by atoms with Gasteiger partial charge < -0.3 is 9.84 Å². The van der Waals surface area contributed by atoms with E-state index >= 15 is 0 Å². The summed E-state index contributed by atoms with van der Waals surface area (Å²) in [6.45, 7) is 8.76. The van der Waals surface area contributed by atoms with Crippen LogP contribution in [0.5, 0.6) is 0 Å². The number of hydrogen-bond acceptors (Lipinski definition) is 3. The summed E-state index contributed by atoms with van der Waals surface area (Å²) in [4.78, 5) is 0. The summed E-state index contributed by atoms with van der Waals surface area (Å²) < 4.78 is 5.54. The normalized spacial score (nSPS) is 14.4. The molecule has 2 nitrogen and oxygen atoms in total. The second kappa shape index (κ2) is 7.55. The van der Waals surface area contributed by atoms with Gasteiger partial charge in [-0.3, -0.25) is 0 Å². The number of hydrogen-bond donors (Lipinski definition) is 1. The van der Waals surface area contributed by atoms with Gasteiger partial charge in [-0.15, -0.1) is 0 Å². The standard InChI is InChI=1S/C11H24O2S/c1-5-10(2)13-7-9-14-8-6-11(3,4)12/h10,12H,5-9H2,1-4H3. The van der Waals surface area contributed by atoms with Crippen LogP contribution in [0.1, 0.15) is 40.5 Å². The Labute approximate surface area is 92.4 Å². The minimum absolute atomic E-state index is 0.380. The Morgan fingerprint density at radius 1 is 1.36 bits per heavy atom. The second-order valence-electron chi connectivity index (χ2n) is 4.26. The molecule has 0 aliphatic heterocycles. The van der Waals surface area contributed by atoms with Gasteiger partial charge in [0, 0.05) is 5.75 Å². The van der Waals surface area contributed by atoms with Gasteiger partial charge in [0.1, 0.15) is 0 Å². The van der Waals surface area contributed by atoms with E-state index in [4.69, 9.17) is 4.74 Å². The molecule has 86 valence electrons. The topological polar surface area (TPSA) is 29.5 Å². The van der Waals surface area contributed by atoms with E-state index in [0.717, 1.165) is 31.0 Å². The van der Waals surface area contributed by atoms with Gasteiger partial charge in [-0.1, -0.05) is 6.92 Å². The van der Waals surface area contributed by atoms with Crippen LogP contribution >= 0.6 is 11.8 Å². The first-order chi connectivity index (χ1) is 6.45. The van der Waals surface area contributed by atoms with E-state index in [1.54, 1.807) is 0 Å². The van der Waals surface area contributed by atoms with Crippen LogP contribution < -0.4 is 0 Å². The van der Waals surface area contributed by atoms with E-state index in [9.17, 15) is 5.11 Å². The molecular formula is C11H24O2S. The number of aliphatic hydroxyl groups is 1. The minimum Gasteiger partial charge on any atom is -0.390 e. The van der Waals surface area contributed by atoms with Gasteiger partial charge in [-0.2, -0.15) is 11.8 Å². The molecule has 0 heterocycles. The van der Waals surface area contributed by atoms with Gasteiger partial charge in [0.05, 0.1) is 18.3 Å². The minimum atomic E-state index is -0.523. The molecule has 0 saturated heterocycles. The summed E-state index contributed by atoms with van der Waals surface area (Å²) in [5, 5.41) is 9.46. The number of rotatable bonds is 8. The van der Waals surface area contributed by atoms with Gasteiger partial charge in [0.2, 0.25) is 0 Å². The molecule has 0 amide bonds. The molecule has 0 fully saturated rings. The van der Waals surface area contributed by atoms with Crippen molar-refractivity contribution in [1.29, 1.82) is 0 Å². The van der Waals surface area contributed by atoms with Crippen LogP contribution in [-0.2, 0) is 4.74 Å². The van der Waals surface area contributed by atoms with Crippen LogP contribution in [0, 0.1) is 0 Å². The Bertz CT molecular complexity index is 132. The third-order valence-corrected chi connectivity index (χ3v) is 3.01. The third kappa shape index (κ3) is 10.4. The Hall–Kier alpha value is 0.270.